The van der Waals surface area contributed by atoms with E-state index in [1.165, 1.54) is 0 Å². The van der Waals surface area contributed by atoms with Crippen LogP contribution in [-0.4, -0.2) is 15.7 Å². The topological polar surface area (TPSA) is 22.0 Å². The van der Waals surface area contributed by atoms with Gasteiger partial charge in [-0.15, -0.1) is 11.6 Å². The highest BCUT2D eigenvalue weighted by molar-refractivity contribution is 6.33. The maximum atomic E-state index is 11.9. The van der Waals surface area contributed by atoms with E-state index in [4.69, 9.17) is 11.6 Å². The van der Waals surface area contributed by atoms with Gasteiger partial charge in [0.1, 0.15) is 0 Å². The lowest BCUT2D eigenvalue weighted by Crippen LogP contribution is -2.24. The predicted molar refractivity (Wildman–Crippen MR) is 68.5 cm³/mol. The largest absolute Gasteiger partial charge is 0.343 e. The summed E-state index contributed by atoms with van der Waals surface area (Å²) in [7, 11) is 0. The number of nitrogens with zero attached hydrogens (tertiary/aromatic N) is 1. The molecule has 0 saturated heterocycles. The second-order valence-electron chi connectivity index (χ2n) is 5.27. The number of aromatic nitrogens is 1. The summed E-state index contributed by atoms with van der Waals surface area (Å²) >= 11 is 5.85. The van der Waals surface area contributed by atoms with E-state index >= 15 is 0 Å². The Kier molecular flexibility index (Phi) is 3.53. The quantitative estimate of drug-likeness (QED) is 0.572. The van der Waals surface area contributed by atoms with E-state index in [2.05, 4.69) is 25.3 Å². The van der Waals surface area contributed by atoms with Crippen LogP contribution in [0.2, 0.25) is 0 Å². The Hall–Kier alpha value is -0.760. The zero-order valence-corrected chi connectivity index (χ0v) is 11.6. The van der Waals surface area contributed by atoms with E-state index in [0.29, 0.717) is 0 Å². The first kappa shape index (κ1) is 13.3. The summed E-state index contributed by atoms with van der Waals surface area (Å²) in [6, 6.07) is 1.93. The lowest BCUT2D eigenvalue weighted by Gasteiger charge is -2.25. The van der Waals surface area contributed by atoms with Gasteiger partial charge in [-0.05, 0) is 47.6 Å². The number of ketones is 1. The Balaban J connectivity index is 3.33. The van der Waals surface area contributed by atoms with Gasteiger partial charge in [0.15, 0.2) is 5.78 Å². The lowest BCUT2D eigenvalue weighted by atomic mass is 10.1. The summed E-state index contributed by atoms with van der Waals surface area (Å²) in [4.78, 5) is 11.9. The van der Waals surface area contributed by atoms with Crippen molar-refractivity contribution in [3.63, 3.8) is 0 Å². The highest BCUT2D eigenvalue weighted by Crippen LogP contribution is 2.25. The Labute approximate surface area is 103 Å². The summed E-state index contributed by atoms with van der Waals surface area (Å²) < 4.78 is 2.18. The Morgan fingerprint density at radius 2 is 1.88 bits per heavy atom. The SMILES string of the molecule is Cc1cc(C(=O)C(C)Cl)c(C)n1C(C)(C)C. The van der Waals surface area contributed by atoms with Crippen molar-refractivity contribution in [3.8, 4) is 0 Å². The van der Waals surface area contributed by atoms with Crippen LogP contribution in [0, 0.1) is 13.8 Å². The van der Waals surface area contributed by atoms with Crippen molar-refractivity contribution in [1.82, 2.24) is 4.57 Å². The van der Waals surface area contributed by atoms with Gasteiger partial charge in [0.25, 0.3) is 0 Å². The molecule has 0 radical (unpaired) electrons. The first-order valence-electron chi connectivity index (χ1n) is 5.54. The predicted octanol–water partition coefficient (Wildman–Crippen LogP) is 3.67. The summed E-state index contributed by atoms with van der Waals surface area (Å²) in [5.41, 5.74) is 2.84. The second-order valence-corrected chi connectivity index (χ2v) is 5.93. The lowest BCUT2D eigenvalue weighted by molar-refractivity contribution is 0.0991. The van der Waals surface area contributed by atoms with E-state index in [0.717, 1.165) is 17.0 Å². The Morgan fingerprint density at radius 3 is 2.19 bits per heavy atom. The molecule has 0 aromatic carbocycles. The van der Waals surface area contributed by atoms with Gasteiger partial charge in [0.05, 0.1) is 5.38 Å². The van der Waals surface area contributed by atoms with Gasteiger partial charge in [-0.3, -0.25) is 4.79 Å². The molecule has 90 valence electrons. The van der Waals surface area contributed by atoms with Gasteiger partial charge in [0.2, 0.25) is 0 Å². The molecule has 0 aliphatic heterocycles. The van der Waals surface area contributed by atoms with E-state index in [1.807, 2.05) is 19.9 Å². The summed E-state index contributed by atoms with van der Waals surface area (Å²) in [5, 5.41) is -0.464. The minimum Gasteiger partial charge on any atom is -0.343 e. The molecule has 1 heterocycles. The number of Topliss-reactive ketones (excluding diaryl/α,β-unsaturated/α-hetero) is 1. The van der Waals surface area contributed by atoms with Gasteiger partial charge in [-0.1, -0.05) is 0 Å². The molecule has 0 spiro atoms. The molecule has 3 heteroatoms. The van der Waals surface area contributed by atoms with Crippen molar-refractivity contribution >= 4 is 17.4 Å². The molecule has 0 aliphatic rings. The zero-order valence-electron chi connectivity index (χ0n) is 10.9. The van der Waals surface area contributed by atoms with Crippen LogP contribution in [0.15, 0.2) is 6.07 Å². The first-order valence-corrected chi connectivity index (χ1v) is 5.97. The van der Waals surface area contributed by atoms with Gasteiger partial charge in [-0.25, -0.2) is 0 Å². The van der Waals surface area contributed by atoms with E-state index < -0.39 is 5.38 Å². The number of carbonyl (C=O) groups excluding carboxylic acids is 1. The van der Waals surface area contributed by atoms with Crippen LogP contribution in [0.25, 0.3) is 0 Å². The normalized spacial score (nSPS) is 13.9. The molecule has 1 unspecified atom stereocenters. The average Bonchev–Trinajstić information content (AvgIpc) is 2.38. The monoisotopic (exact) mass is 241 g/mol. The molecule has 0 amide bonds. The molecular formula is C13H20ClNO. The number of hydrogen-bond donors (Lipinski definition) is 0. The molecule has 0 bridgehead atoms. The fraction of sp³-hybridized carbons (Fsp3) is 0.615. The molecule has 1 atom stereocenters. The van der Waals surface area contributed by atoms with Crippen LogP contribution in [0.3, 0.4) is 0 Å². The summed E-state index contributed by atoms with van der Waals surface area (Å²) in [5.74, 6) is 0.00488. The van der Waals surface area contributed by atoms with Gasteiger partial charge < -0.3 is 4.57 Å². The van der Waals surface area contributed by atoms with E-state index in [-0.39, 0.29) is 11.3 Å². The standard InChI is InChI=1S/C13H20ClNO/c1-8-7-11(12(16)9(2)14)10(3)15(8)13(4,5)6/h7,9H,1-6H3. The molecule has 0 aliphatic carbocycles. The van der Waals surface area contributed by atoms with Crippen molar-refractivity contribution < 1.29 is 4.79 Å². The number of alkyl halides is 1. The number of carbonyl (C=O) groups is 1. The summed E-state index contributed by atoms with van der Waals surface area (Å²) in [6.07, 6.45) is 0. The maximum Gasteiger partial charge on any atom is 0.182 e. The van der Waals surface area contributed by atoms with Crippen LogP contribution >= 0.6 is 11.6 Å². The van der Waals surface area contributed by atoms with Crippen molar-refractivity contribution in [2.24, 2.45) is 0 Å². The zero-order chi connectivity index (χ0) is 12.7. The molecular weight excluding hydrogens is 222 g/mol. The van der Waals surface area contributed by atoms with Crippen molar-refractivity contribution in [2.75, 3.05) is 0 Å². The van der Waals surface area contributed by atoms with Gasteiger partial charge in [-0.2, -0.15) is 0 Å². The molecule has 1 aromatic heterocycles. The third-order valence-electron chi connectivity index (χ3n) is 2.73. The average molecular weight is 242 g/mol. The van der Waals surface area contributed by atoms with Crippen LogP contribution in [0.1, 0.15) is 49.4 Å². The fourth-order valence-corrected chi connectivity index (χ4v) is 2.38. The fourth-order valence-electron chi connectivity index (χ4n) is 2.26. The van der Waals surface area contributed by atoms with Crippen LogP contribution < -0.4 is 0 Å². The van der Waals surface area contributed by atoms with E-state index in [1.54, 1.807) is 6.92 Å². The van der Waals surface area contributed by atoms with Crippen molar-refractivity contribution in [1.29, 1.82) is 0 Å². The van der Waals surface area contributed by atoms with Crippen LogP contribution in [0.4, 0.5) is 0 Å². The second kappa shape index (κ2) is 4.25. The van der Waals surface area contributed by atoms with E-state index in [9.17, 15) is 4.79 Å². The third kappa shape index (κ3) is 2.32. The number of hydrogen-bond acceptors (Lipinski definition) is 1. The molecule has 1 aromatic rings. The Morgan fingerprint density at radius 1 is 1.38 bits per heavy atom. The van der Waals surface area contributed by atoms with Gasteiger partial charge >= 0.3 is 0 Å². The summed E-state index contributed by atoms with van der Waals surface area (Å²) in [6.45, 7) is 12.1. The number of halogens is 1. The molecule has 2 nitrogen and oxygen atoms in total. The molecule has 0 N–H and O–H groups in total. The Bertz CT molecular complexity index is 410. The smallest absolute Gasteiger partial charge is 0.182 e. The number of rotatable bonds is 2. The molecule has 16 heavy (non-hydrogen) atoms. The van der Waals surface area contributed by atoms with Crippen LogP contribution in [-0.2, 0) is 5.54 Å². The maximum absolute atomic E-state index is 11.9. The van der Waals surface area contributed by atoms with Crippen molar-refractivity contribution in [2.45, 2.75) is 52.5 Å². The van der Waals surface area contributed by atoms with Gasteiger partial charge in [0, 0.05) is 22.5 Å². The minimum absolute atomic E-state index is 0.00488. The van der Waals surface area contributed by atoms with Crippen molar-refractivity contribution in [3.05, 3.63) is 23.0 Å². The number of aryl methyl sites for hydroxylation is 1. The highest BCUT2D eigenvalue weighted by atomic mass is 35.5. The minimum atomic E-state index is -0.464. The molecule has 1 rings (SSSR count). The third-order valence-corrected chi connectivity index (χ3v) is 2.93. The van der Waals surface area contributed by atoms with Crippen LogP contribution in [0.5, 0.6) is 0 Å². The molecule has 0 fully saturated rings. The molecule has 0 saturated carbocycles. The highest BCUT2D eigenvalue weighted by Gasteiger charge is 2.24. The first-order chi connectivity index (χ1) is 7.16.